The quantitative estimate of drug-likeness (QED) is 0.752. The lowest BCUT2D eigenvalue weighted by atomic mass is 9.96. The predicted octanol–water partition coefficient (Wildman–Crippen LogP) is 2.77. The predicted molar refractivity (Wildman–Crippen MR) is 105 cm³/mol. The maximum Gasteiger partial charge on any atom is 0.313 e. The van der Waals surface area contributed by atoms with Gasteiger partial charge in [0.1, 0.15) is 11.8 Å². The van der Waals surface area contributed by atoms with Crippen LogP contribution < -0.4 is 10.6 Å². The highest BCUT2D eigenvalue weighted by molar-refractivity contribution is 6.40. The van der Waals surface area contributed by atoms with E-state index in [-0.39, 0.29) is 11.3 Å². The fraction of sp³-hybridized carbons (Fsp3) is 0.350. The third kappa shape index (κ3) is 5.35. The summed E-state index contributed by atoms with van der Waals surface area (Å²) in [6, 6.07) is 10.3. The Morgan fingerprint density at radius 2 is 2.04 bits per heavy atom. The smallest absolute Gasteiger partial charge is 0.313 e. The number of anilines is 1. The first-order valence-electron chi connectivity index (χ1n) is 9.08. The van der Waals surface area contributed by atoms with E-state index < -0.39 is 11.8 Å². The molecule has 2 heterocycles. The molecule has 28 heavy (non-hydrogen) atoms. The molecule has 8 heteroatoms. The molecular formula is C20H21ClN4O3. The maximum atomic E-state index is 12.1. The molecular weight excluding hydrogens is 380 g/mol. The Hall–Kier alpha value is -2.82. The summed E-state index contributed by atoms with van der Waals surface area (Å²) < 4.78 is 5.37. The number of furan rings is 1. The molecule has 7 nitrogen and oxygen atoms in total. The van der Waals surface area contributed by atoms with Crippen LogP contribution in [0.2, 0.25) is 5.02 Å². The highest BCUT2D eigenvalue weighted by atomic mass is 35.5. The summed E-state index contributed by atoms with van der Waals surface area (Å²) in [5.41, 5.74) is 0.468. The van der Waals surface area contributed by atoms with Crippen LogP contribution in [0.25, 0.3) is 0 Å². The second kappa shape index (κ2) is 9.40. The number of piperidine rings is 1. The van der Waals surface area contributed by atoms with Crippen molar-refractivity contribution in [3.8, 4) is 6.07 Å². The number of amides is 2. The number of nitrogens with zero attached hydrogens (tertiary/aromatic N) is 2. The summed E-state index contributed by atoms with van der Waals surface area (Å²) >= 11 is 5.88. The Balaban J connectivity index is 1.42. The Morgan fingerprint density at radius 3 is 2.71 bits per heavy atom. The molecule has 1 aliphatic heterocycles. The van der Waals surface area contributed by atoms with Crippen molar-refractivity contribution in [2.24, 2.45) is 5.92 Å². The molecule has 1 aromatic heterocycles. The van der Waals surface area contributed by atoms with Gasteiger partial charge in [-0.3, -0.25) is 14.5 Å². The van der Waals surface area contributed by atoms with Crippen molar-refractivity contribution >= 4 is 29.1 Å². The SMILES string of the molecule is N#Cc1ccc(Cl)cc1NC(=O)C(=O)NCC1CCN(Cc2ccco2)CC1. The Kier molecular flexibility index (Phi) is 6.69. The van der Waals surface area contributed by atoms with Crippen LogP contribution >= 0.6 is 11.6 Å². The van der Waals surface area contributed by atoms with Gasteiger partial charge in [-0.05, 0) is 62.2 Å². The number of nitrogens with one attached hydrogen (secondary N) is 2. The first-order valence-corrected chi connectivity index (χ1v) is 9.46. The van der Waals surface area contributed by atoms with Gasteiger partial charge in [-0.25, -0.2) is 0 Å². The van der Waals surface area contributed by atoms with E-state index in [1.165, 1.54) is 12.1 Å². The van der Waals surface area contributed by atoms with Gasteiger partial charge in [0.25, 0.3) is 0 Å². The highest BCUT2D eigenvalue weighted by Gasteiger charge is 2.22. The number of carbonyl (C=O) groups excluding carboxylic acids is 2. The lowest BCUT2D eigenvalue weighted by Crippen LogP contribution is -2.41. The standard InChI is InChI=1S/C20H21ClN4O3/c21-16-4-3-15(11-22)18(10-16)24-20(27)19(26)23-12-14-5-7-25(8-6-14)13-17-2-1-9-28-17/h1-4,9-10,14H,5-8,12-13H2,(H,23,26)(H,24,27). The average molecular weight is 401 g/mol. The lowest BCUT2D eigenvalue weighted by Gasteiger charge is -2.31. The summed E-state index contributed by atoms with van der Waals surface area (Å²) in [5.74, 6) is -0.262. The van der Waals surface area contributed by atoms with Gasteiger partial charge in [0.05, 0.1) is 24.1 Å². The molecule has 0 bridgehead atoms. The minimum absolute atomic E-state index is 0.224. The molecule has 146 valence electrons. The van der Waals surface area contributed by atoms with E-state index in [1.807, 2.05) is 18.2 Å². The van der Waals surface area contributed by atoms with Gasteiger partial charge in [-0.1, -0.05) is 11.6 Å². The zero-order valence-corrected chi connectivity index (χ0v) is 16.0. The van der Waals surface area contributed by atoms with Crippen molar-refractivity contribution in [3.05, 3.63) is 52.9 Å². The monoisotopic (exact) mass is 400 g/mol. The van der Waals surface area contributed by atoms with Gasteiger partial charge >= 0.3 is 11.8 Å². The molecule has 1 aliphatic rings. The second-order valence-electron chi connectivity index (χ2n) is 6.76. The number of hydrogen-bond donors (Lipinski definition) is 2. The largest absolute Gasteiger partial charge is 0.468 e. The van der Waals surface area contributed by atoms with E-state index in [1.54, 1.807) is 12.3 Å². The van der Waals surface area contributed by atoms with Crippen LogP contribution in [0, 0.1) is 17.2 Å². The molecule has 2 N–H and O–H groups in total. The second-order valence-corrected chi connectivity index (χ2v) is 7.20. The molecule has 0 saturated carbocycles. The average Bonchev–Trinajstić information content (AvgIpc) is 3.20. The van der Waals surface area contributed by atoms with Gasteiger partial charge in [-0.15, -0.1) is 0 Å². The first kappa shape index (κ1) is 19.9. The Morgan fingerprint density at radius 1 is 1.25 bits per heavy atom. The number of carbonyl (C=O) groups is 2. The summed E-state index contributed by atoms with van der Waals surface area (Å²) in [7, 11) is 0. The third-order valence-corrected chi connectivity index (χ3v) is 5.01. The highest BCUT2D eigenvalue weighted by Crippen LogP contribution is 2.21. The van der Waals surface area contributed by atoms with Crippen molar-refractivity contribution in [1.29, 1.82) is 5.26 Å². The van der Waals surface area contributed by atoms with E-state index in [0.717, 1.165) is 38.2 Å². The van der Waals surface area contributed by atoms with Crippen molar-refractivity contribution in [1.82, 2.24) is 10.2 Å². The van der Waals surface area contributed by atoms with Crippen LogP contribution in [0.4, 0.5) is 5.69 Å². The number of hydrogen-bond acceptors (Lipinski definition) is 5. The zero-order valence-electron chi connectivity index (χ0n) is 15.3. The molecule has 0 radical (unpaired) electrons. The van der Waals surface area contributed by atoms with Gasteiger partial charge in [-0.2, -0.15) is 5.26 Å². The van der Waals surface area contributed by atoms with E-state index in [0.29, 0.717) is 17.5 Å². The lowest BCUT2D eigenvalue weighted by molar-refractivity contribution is -0.136. The summed E-state index contributed by atoms with van der Waals surface area (Å²) in [6.45, 7) is 3.07. The zero-order chi connectivity index (χ0) is 19.9. The van der Waals surface area contributed by atoms with Crippen molar-refractivity contribution in [2.45, 2.75) is 19.4 Å². The number of benzene rings is 1. The Labute approximate surface area is 168 Å². The van der Waals surface area contributed by atoms with Crippen LogP contribution in [0.5, 0.6) is 0 Å². The maximum absolute atomic E-state index is 12.1. The summed E-state index contributed by atoms with van der Waals surface area (Å²) in [4.78, 5) is 26.5. The molecule has 0 unspecified atom stereocenters. The van der Waals surface area contributed by atoms with E-state index >= 15 is 0 Å². The number of nitriles is 1. The van der Waals surface area contributed by atoms with E-state index in [9.17, 15) is 9.59 Å². The minimum atomic E-state index is -0.811. The molecule has 0 spiro atoms. The fourth-order valence-corrected chi connectivity index (χ4v) is 3.36. The van der Waals surface area contributed by atoms with Crippen LogP contribution in [0.1, 0.15) is 24.2 Å². The fourth-order valence-electron chi connectivity index (χ4n) is 3.19. The first-order chi connectivity index (χ1) is 13.5. The summed E-state index contributed by atoms with van der Waals surface area (Å²) in [5, 5.41) is 14.6. The third-order valence-electron chi connectivity index (χ3n) is 4.77. The molecule has 1 saturated heterocycles. The van der Waals surface area contributed by atoms with Crippen molar-refractivity contribution in [2.75, 3.05) is 25.0 Å². The molecule has 3 rings (SSSR count). The molecule has 0 atom stereocenters. The molecule has 2 amide bonds. The molecule has 2 aromatic rings. The van der Waals surface area contributed by atoms with Gasteiger partial charge in [0.2, 0.25) is 0 Å². The number of rotatable bonds is 5. The van der Waals surface area contributed by atoms with Crippen LogP contribution in [0.3, 0.4) is 0 Å². The summed E-state index contributed by atoms with van der Waals surface area (Å²) in [6.07, 6.45) is 3.55. The molecule has 0 aliphatic carbocycles. The van der Waals surface area contributed by atoms with E-state index in [4.69, 9.17) is 21.3 Å². The van der Waals surface area contributed by atoms with Gasteiger partial charge in [0.15, 0.2) is 0 Å². The number of halogens is 1. The minimum Gasteiger partial charge on any atom is -0.468 e. The van der Waals surface area contributed by atoms with E-state index in [2.05, 4.69) is 15.5 Å². The molecule has 1 aromatic carbocycles. The topological polar surface area (TPSA) is 98.4 Å². The Bertz CT molecular complexity index is 868. The molecule has 1 fully saturated rings. The van der Waals surface area contributed by atoms with Gasteiger partial charge < -0.3 is 15.1 Å². The van der Waals surface area contributed by atoms with Crippen LogP contribution in [-0.2, 0) is 16.1 Å². The van der Waals surface area contributed by atoms with Crippen molar-refractivity contribution in [3.63, 3.8) is 0 Å². The van der Waals surface area contributed by atoms with Crippen LogP contribution in [-0.4, -0.2) is 36.3 Å². The van der Waals surface area contributed by atoms with Gasteiger partial charge in [0, 0.05) is 11.6 Å². The van der Waals surface area contributed by atoms with Crippen molar-refractivity contribution < 1.29 is 14.0 Å². The number of likely N-dealkylation sites (tertiary alicyclic amines) is 1. The normalized spacial score (nSPS) is 15.0. The van der Waals surface area contributed by atoms with Crippen LogP contribution in [0.15, 0.2) is 41.0 Å².